The second-order valence-corrected chi connectivity index (χ2v) is 10.0. The van der Waals surface area contributed by atoms with E-state index in [4.69, 9.17) is 4.74 Å². The highest BCUT2D eigenvalue weighted by Gasteiger charge is 2.20. The van der Waals surface area contributed by atoms with E-state index in [1.807, 2.05) is 43.4 Å². The maximum atomic E-state index is 11.7. The molecule has 2 N–H and O–H groups in total. The SMILES string of the molecule is CNC1CCC(NCc2cc(-c3ccc(N(C)S(C)(=O)=O)cc3)ccc2OC)CC1. The van der Waals surface area contributed by atoms with Crippen LogP contribution in [0.2, 0.25) is 0 Å². The van der Waals surface area contributed by atoms with Gasteiger partial charge in [-0.15, -0.1) is 0 Å². The van der Waals surface area contributed by atoms with Crippen molar-refractivity contribution in [2.75, 3.05) is 31.8 Å². The number of nitrogens with one attached hydrogen (secondary N) is 2. The van der Waals surface area contributed by atoms with E-state index >= 15 is 0 Å². The first kappa shape index (κ1) is 22.6. The summed E-state index contributed by atoms with van der Waals surface area (Å²) in [6.45, 7) is 0.765. The lowest BCUT2D eigenvalue weighted by Gasteiger charge is -2.29. The number of methoxy groups -OCH3 is 1. The van der Waals surface area contributed by atoms with Gasteiger partial charge >= 0.3 is 0 Å². The first-order valence-corrected chi connectivity index (χ1v) is 12.3. The van der Waals surface area contributed by atoms with Crippen LogP contribution in [0.15, 0.2) is 42.5 Å². The summed E-state index contributed by atoms with van der Waals surface area (Å²) in [5.74, 6) is 0.878. The van der Waals surface area contributed by atoms with E-state index in [0.717, 1.165) is 29.0 Å². The summed E-state index contributed by atoms with van der Waals surface area (Å²) in [5, 5.41) is 7.07. The van der Waals surface area contributed by atoms with Crippen LogP contribution in [0.3, 0.4) is 0 Å². The number of rotatable bonds is 8. The number of benzene rings is 2. The van der Waals surface area contributed by atoms with Crippen LogP contribution in [-0.2, 0) is 16.6 Å². The fourth-order valence-electron chi connectivity index (χ4n) is 3.99. The molecule has 0 bridgehead atoms. The molecule has 1 aliphatic rings. The molecule has 3 rings (SSSR count). The summed E-state index contributed by atoms with van der Waals surface area (Å²) in [6, 6.07) is 14.9. The molecule has 0 atom stereocenters. The molecule has 0 amide bonds. The van der Waals surface area contributed by atoms with Crippen molar-refractivity contribution in [1.82, 2.24) is 10.6 Å². The van der Waals surface area contributed by atoms with Crippen molar-refractivity contribution in [3.8, 4) is 16.9 Å². The number of ether oxygens (including phenoxy) is 1. The normalized spacial score (nSPS) is 19.5. The Morgan fingerprint density at radius 2 is 1.60 bits per heavy atom. The lowest BCUT2D eigenvalue weighted by Crippen LogP contribution is -2.38. The summed E-state index contributed by atoms with van der Waals surface area (Å²) >= 11 is 0. The second kappa shape index (κ2) is 9.81. The van der Waals surface area contributed by atoms with Crippen LogP contribution in [0, 0.1) is 0 Å². The number of nitrogens with zero attached hydrogens (tertiary/aromatic N) is 1. The van der Waals surface area contributed by atoms with E-state index < -0.39 is 10.0 Å². The third-order valence-electron chi connectivity index (χ3n) is 6.06. The number of hydrogen-bond donors (Lipinski definition) is 2. The second-order valence-electron chi connectivity index (χ2n) is 8.02. The fraction of sp³-hybridized carbons (Fsp3) is 0.478. The Balaban J connectivity index is 1.72. The van der Waals surface area contributed by atoms with E-state index in [0.29, 0.717) is 17.8 Å². The minimum atomic E-state index is -3.27. The molecule has 0 saturated heterocycles. The van der Waals surface area contributed by atoms with Crippen LogP contribution in [0.5, 0.6) is 5.75 Å². The van der Waals surface area contributed by atoms with Gasteiger partial charge in [-0.05, 0) is 68.1 Å². The number of sulfonamides is 1. The summed E-state index contributed by atoms with van der Waals surface area (Å²) < 4.78 is 30.3. The monoisotopic (exact) mass is 431 g/mol. The molecule has 0 aromatic heterocycles. The zero-order chi connectivity index (χ0) is 21.7. The van der Waals surface area contributed by atoms with Gasteiger partial charge in [-0.25, -0.2) is 8.42 Å². The van der Waals surface area contributed by atoms with Crippen molar-refractivity contribution < 1.29 is 13.2 Å². The molecular weight excluding hydrogens is 398 g/mol. The minimum absolute atomic E-state index is 0.536. The molecule has 0 spiro atoms. The summed E-state index contributed by atoms with van der Waals surface area (Å²) in [4.78, 5) is 0. The van der Waals surface area contributed by atoms with Crippen molar-refractivity contribution in [2.45, 2.75) is 44.3 Å². The highest BCUT2D eigenvalue weighted by Crippen LogP contribution is 2.29. The van der Waals surface area contributed by atoms with Crippen LogP contribution < -0.4 is 19.7 Å². The summed E-state index contributed by atoms with van der Waals surface area (Å²) in [5.41, 5.74) is 3.90. The Morgan fingerprint density at radius 3 is 2.17 bits per heavy atom. The third kappa shape index (κ3) is 5.53. The molecule has 0 unspecified atom stereocenters. The lowest BCUT2D eigenvalue weighted by atomic mass is 9.91. The highest BCUT2D eigenvalue weighted by atomic mass is 32.2. The fourth-order valence-corrected chi connectivity index (χ4v) is 4.50. The van der Waals surface area contributed by atoms with Gasteiger partial charge in [-0.3, -0.25) is 4.31 Å². The maximum absolute atomic E-state index is 11.7. The van der Waals surface area contributed by atoms with Crippen LogP contribution in [0.4, 0.5) is 5.69 Å². The predicted octanol–water partition coefficient (Wildman–Crippen LogP) is 3.38. The molecule has 0 heterocycles. The summed E-state index contributed by atoms with van der Waals surface area (Å²) in [7, 11) is 2.04. The van der Waals surface area contributed by atoms with E-state index in [1.165, 1.54) is 36.2 Å². The molecule has 1 fully saturated rings. The predicted molar refractivity (Wildman–Crippen MR) is 124 cm³/mol. The Morgan fingerprint density at radius 1 is 1.00 bits per heavy atom. The van der Waals surface area contributed by atoms with E-state index in [1.54, 1.807) is 14.2 Å². The Labute approximate surface area is 180 Å². The lowest BCUT2D eigenvalue weighted by molar-refractivity contribution is 0.315. The van der Waals surface area contributed by atoms with Crippen LogP contribution >= 0.6 is 0 Å². The van der Waals surface area contributed by atoms with Gasteiger partial charge in [0.1, 0.15) is 5.75 Å². The largest absolute Gasteiger partial charge is 0.496 e. The molecule has 0 radical (unpaired) electrons. The van der Waals surface area contributed by atoms with E-state index in [2.05, 4.69) is 16.7 Å². The number of hydrogen-bond acceptors (Lipinski definition) is 5. The van der Waals surface area contributed by atoms with Crippen molar-refractivity contribution >= 4 is 15.7 Å². The average molecular weight is 432 g/mol. The molecule has 0 aliphatic heterocycles. The standard InChI is InChI=1S/C23H33N3O3S/c1-24-20-8-10-21(11-9-20)25-16-19-15-18(7-14-23(19)29-3)17-5-12-22(13-6-17)26(2)30(4,27)28/h5-7,12-15,20-21,24-25H,8-11,16H2,1-4H3. The number of anilines is 1. The molecular formula is C23H33N3O3S. The topological polar surface area (TPSA) is 70.7 Å². The molecule has 1 aliphatic carbocycles. The van der Waals surface area contributed by atoms with Crippen molar-refractivity contribution in [2.24, 2.45) is 0 Å². The van der Waals surface area contributed by atoms with Crippen LogP contribution in [-0.4, -0.2) is 48.0 Å². The zero-order valence-corrected chi connectivity index (χ0v) is 19.1. The van der Waals surface area contributed by atoms with Crippen molar-refractivity contribution in [3.63, 3.8) is 0 Å². The van der Waals surface area contributed by atoms with Crippen LogP contribution in [0.25, 0.3) is 11.1 Å². The molecule has 30 heavy (non-hydrogen) atoms. The van der Waals surface area contributed by atoms with E-state index in [-0.39, 0.29) is 0 Å². The van der Waals surface area contributed by atoms with Crippen molar-refractivity contribution in [1.29, 1.82) is 0 Å². The van der Waals surface area contributed by atoms with E-state index in [9.17, 15) is 8.42 Å². The van der Waals surface area contributed by atoms with Gasteiger partial charge in [-0.2, -0.15) is 0 Å². The highest BCUT2D eigenvalue weighted by molar-refractivity contribution is 7.92. The average Bonchev–Trinajstić information content (AvgIpc) is 2.76. The quantitative estimate of drug-likeness (QED) is 0.671. The van der Waals surface area contributed by atoms with Gasteiger partial charge in [0.15, 0.2) is 0 Å². The van der Waals surface area contributed by atoms with Gasteiger partial charge in [0.05, 0.1) is 19.1 Å². The molecule has 6 nitrogen and oxygen atoms in total. The van der Waals surface area contributed by atoms with Gasteiger partial charge < -0.3 is 15.4 Å². The smallest absolute Gasteiger partial charge is 0.231 e. The van der Waals surface area contributed by atoms with Gasteiger partial charge in [0.2, 0.25) is 10.0 Å². The minimum Gasteiger partial charge on any atom is -0.496 e. The van der Waals surface area contributed by atoms with Crippen LogP contribution in [0.1, 0.15) is 31.2 Å². The maximum Gasteiger partial charge on any atom is 0.231 e. The zero-order valence-electron chi connectivity index (χ0n) is 18.3. The van der Waals surface area contributed by atoms with Gasteiger partial charge in [-0.1, -0.05) is 18.2 Å². The van der Waals surface area contributed by atoms with Gasteiger partial charge in [0, 0.05) is 31.2 Å². The first-order valence-electron chi connectivity index (χ1n) is 10.4. The molecule has 1 saturated carbocycles. The molecule has 7 heteroatoms. The Kier molecular flexibility index (Phi) is 7.39. The summed E-state index contributed by atoms with van der Waals surface area (Å²) in [6.07, 6.45) is 5.99. The Hall–Kier alpha value is -2.09. The molecule has 164 valence electrons. The molecule has 2 aromatic carbocycles. The Bertz CT molecular complexity index is 937. The first-order chi connectivity index (χ1) is 14.3. The van der Waals surface area contributed by atoms with Crippen molar-refractivity contribution in [3.05, 3.63) is 48.0 Å². The third-order valence-corrected chi connectivity index (χ3v) is 7.26. The molecule has 2 aromatic rings. The van der Waals surface area contributed by atoms with Gasteiger partial charge in [0.25, 0.3) is 0 Å².